The summed E-state index contributed by atoms with van der Waals surface area (Å²) in [6.45, 7) is 3.52. The van der Waals surface area contributed by atoms with Crippen LogP contribution in [0.4, 0.5) is 5.69 Å². The standard InChI is InChI=1S/C17H18N2O4S2/c1-10-8-16(11(2)7-14(10)23-4)25(21,22)18-12-5-6-13-15(9-12)24-17(20)19(13)3/h5-9,18H,1-4H3. The third-order valence-corrected chi connectivity index (χ3v) is 6.55. The fraction of sp³-hybridized carbons (Fsp3) is 0.235. The number of rotatable bonds is 4. The second-order valence-corrected chi connectivity index (χ2v) is 8.45. The van der Waals surface area contributed by atoms with Crippen LogP contribution >= 0.6 is 11.3 Å². The summed E-state index contributed by atoms with van der Waals surface area (Å²) in [5.74, 6) is 0.645. The minimum Gasteiger partial charge on any atom is -0.496 e. The summed E-state index contributed by atoms with van der Waals surface area (Å²) in [6.07, 6.45) is 0. The molecule has 3 rings (SSSR count). The normalized spacial score (nSPS) is 11.7. The highest BCUT2D eigenvalue weighted by Crippen LogP contribution is 2.28. The predicted octanol–water partition coefficient (Wildman–Crippen LogP) is 3.03. The summed E-state index contributed by atoms with van der Waals surface area (Å²) in [7, 11) is -0.510. The molecule has 25 heavy (non-hydrogen) atoms. The van der Waals surface area contributed by atoms with Gasteiger partial charge in [0.2, 0.25) is 0 Å². The molecule has 0 amide bonds. The molecule has 132 valence electrons. The van der Waals surface area contributed by atoms with E-state index in [-0.39, 0.29) is 9.77 Å². The quantitative estimate of drug-likeness (QED) is 0.757. The van der Waals surface area contributed by atoms with Crippen LogP contribution in [0, 0.1) is 13.8 Å². The summed E-state index contributed by atoms with van der Waals surface area (Å²) in [6, 6.07) is 8.35. The zero-order chi connectivity index (χ0) is 18.4. The van der Waals surface area contributed by atoms with Crippen molar-refractivity contribution in [3.05, 3.63) is 51.1 Å². The highest BCUT2D eigenvalue weighted by atomic mass is 32.2. The van der Waals surface area contributed by atoms with Gasteiger partial charge >= 0.3 is 4.87 Å². The number of fused-ring (bicyclic) bond motifs is 1. The van der Waals surface area contributed by atoms with Crippen molar-refractivity contribution in [2.75, 3.05) is 11.8 Å². The Morgan fingerprint density at radius 3 is 2.52 bits per heavy atom. The molecule has 8 heteroatoms. The van der Waals surface area contributed by atoms with Gasteiger partial charge < -0.3 is 9.30 Å². The van der Waals surface area contributed by atoms with Gasteiger partial charge in [-0.05, 0) is 55.3 Å². The van der Waals surface area contributed by atoms with Gasteiger partial charge in [-0.15, -0.1) is 0 Å². The van der Waals surface area contributed by atoms with Gasteiger partial charge in [0.15, 0.2) is 0 Å². The number of aryl methyl sites for hydroxylation is 3. The summed E-state index contributed by atoms with van der Waals surface area (Å²) >= 11 is 1.08. The summed E-state index contributed by atoms with van der Waals surface area (Å²) < 4.78 is 35.6. The maximum Gasteiger partial charge on any atom is 0.307 e. The highest BCUT2D eigenvalue weighted by Gasteiger charge is 2.19. The van der Waals surface area contributed by atoms with E-state index in [2.05, 4.69) is 4.72 Å². The van der Waals surface area contributed by atoms with Crippen LogP contribution in [-0.2, 0) is 17.1 Å². The van der Waals surface area contributed by atoms with Gasteiger partial charge in [0.05, 0.1) is 27.9 Å². The topological polar surface area (TPSA) is 77.4 Å². The maximum absolute atomic E-state index is 12.8. The fourth-order valence-corrected chi connectivity index (χ4v) is 4.96. The predicted molar refractivity (Wildman–Crippen MR) is 100 cm³/mol. The molecule has 0 fully saturated rings. The Morgan fingerprint density at radius 2 is 1.84 bits per heavy atom. The van der Waals surface area contributed by atoms with Crippen LogP contribution in [-0.4, -0.2) is 20.1 Å². The Hall–Kier alpha value is -2.32. The molecule has 0 saturated heterocycles. The van der Waals surface area contributed by atoms with Gasteiger partial charge in [-0.3, -0.25) is 9.52 Å². The fourth-order valence-electron chi connectivity index (χ4n) is 2.68. The molecule has 0 radical (unpaired) electrons. The molecule has 1 heterocycles. The smallest absolute Gasteiger partial charge is 0.307 e. The van der Waals surface area contributed by atoms with E-state index < -0.39 is 10.0 Å². The number of anilines is 1. The zero-order valence-electron chi connectivity index (χ0n) is 14.3. The summed E-state index contributed by atoms with van der Waals surface area (Å²) in [4.78, 5) is 11.8. The Balaban J connectivity index is 2.02. The number of sulfonamides is 1. The molecular formula is C17H18N2O4S2. The average molecular weight is 378 g/mol. The Labute approximate surface area is 149 Å². The van der Waals surface area contributed by atoms with E-state index in [4.69, 9.17) is 4.74 Å². The molecule has 1 aromatic heterocycles. The first-order valence-corrected chi connectivity index (χ1v) is 9.80. The first kappa shape index (κ1) is 17.5. The molecule has 0 aliphatic rings. The third-order valence-electron chi connectivity index (χ3n) is 4.03. The van der Waals surface area contributed by atoms with E-state index in [0.29, 0.717) is 17.0 Å². The number of nitrogens with zero attached hydrogens (tertiary/aromatic N) is 1. The van der Waals surface area contributed by atoms with Gasteiger partial charge in [-0.25, -0.2) is 8.42 Å². The van der Waals surface area contributed by atoms with Crippen LogP contribution < -0.4 is 14.3 Å². The average Bonchev–Trinajstić information content (AvgIpc) is 2.82. The van der Waals surface area contributed by atoms with Crippen molar-refractivity contribution in [1.29, 1.82) is 0 Å². The molecule has 0 aliphatic carbocycles. The lowest BCUT2D eigenvalue weighted by Crippen LogP contribution is -2.14. The molecule has 0 saturated carbocycles. The Kier molecular flexibility index (Phi) is 4.34. The van der Waals surface area contributed by atoms with Crippen LogP contribution in [0.15, 0.2) is 40.0 Å². The molecule has 0 aliphatic heterocycles. The summed E-state index contributed by atoms with van der Waals surface area (Å²) in [5.41, 5.74) is 2.53. The molecule has 2 aromatic carbocycles. The number of hydrogen-bond donors (Lipinski definition) is 1. The van der Waals surface area contributed by atoms with E-state index >= 15 is 0 Å². The first-order valence-electron chi connectivity index (χ1n) is 7.50. The van der Waals surface area contributed by atoms with Crippen molar-refractivity contribution in [1.82, 2.24) is 4.57 Å². The summed E-state index contributed by atoms with van der Waals surface area (Å²) in [5, 5.41) is 0. The van der Waals surface area contributed by atoms with Crippen LogP contribution in [0.5, 0.6) is 5.75 Å². The van der Waals surface area contributed by atoms with Gasteiger partial charge in [0.1, 0.15) is 5.75 Å². The monoisotopic (exact) mass is 378 g/mol. The van der Waals surface area contributed by atoms with E-state index in [1.54, 1.807) is 58.3 Å². The van der Waals surface area contributed by atoms with E-state index in [9.17, 15) is 13.2 Å². The second-order valence-electron chi connectivity index (χ2n) is 5.80. The van der Waals surface area contributed by atoms with Crippen LogP contribution in [0.1, 0.15) is 11.1 Å². The molecule has 0 bridgehead atoms. The van der Waals surface area contributed by atoms with E-state index in [1.165, 1.54) is 4.57 Å². The lowest BCUT2D eigenvalue weighted by molar-refractivity contribution is 0.411. The largest absolute Gasteiger partial charge is 0.496 e. The van der Waals surface area contributed by atoms with Crippen LogP contribution in [0.2, 0.25) is 0 Å². The van der Waals surface area contributed by atoms with Crippen molar-refractivity contribution in [3.63, 3.8) is 0 Å². The molecule has 1 N–H and O–H groups in total. The van der Waals surface area contributed by atoms with Gasteiger partial charge in [0, 0.05) is 7.05 Å². The van der Waals surface area contributed by atoms with Crippen molar-refractivity contribution in [2.45, 2.75) is 18.7 Å². The number of nitrogens with one attached hydrogen (secondary N) is 1. The zero-order valence-corrected chi connectivity index (χ0v) is 15.9. The number of thiazole rings is 1. The minimum atomic E-state index is -3.75. The lowest BCUT2D eigenvalue weighted by atomic mass is 10.1. The number of benzene rings is 2. The lowest BCUT2D eigenvalue weighted by Gasteiger charge is -2.13. The van der Waals surface area contributed by atoms with Crippen molar-refractivity contribution in [2.24, 2.45) is 7.05 Å². The molecule has 0 unspecified atom stereocenters. The van der Waals surface area contributed by atoms with Crippen LogP contribution in [0.25, 0.3) is 10.2 Å². The van der Waals surface area contributed by atoms with Gasteiger partial charge in [0.25, 0.3) is 10.0 Å². The highest BCUT2D eigenvalue weighted by molar-refractivity contribution is 7.92. The molecule has 0 atom stereocenters. The molecule has 6 nitrogen and oxygen atoms in total. The third kappa shape index (κ3) is 3.14. The number of hydrogen-bond acceptors (Lipinski definition) is 5. The van der Waals surface area contributed by atoms with Crippen molar-refractivity contribution >= 4 is 37.3 Å². The van der Waals surface area contributed by atoms with Gasteiger partial charge in [-0.2, -0.15) is 0 Å². The minimum absolute atomic E-state index is 0.0865. The molecule has 0 spiro atoms. The van der Waals surface area contributed by atoms with Crippen LogP contribution in [0.3, 0.4) is 0 Å². The van der Waals surface area contributed by atoms with Crippen molar-refractivity contribution < 1.29 is 13.2 Å². The number of aromatic nitrogens is 1. The molecule has 3 aromatic rings. The SMILES string of the molecule is COc1cc(C)c(S(=O)(=O)Nc2ccc3c(c2)sc(=O)n3C)cc1C. The second kappa shape index (κ2) is 6.20. The Morgan fingerprint density at radius 1 is 1.12 bits per heavy atom. The first-order chi connectivity index (χ1) is 11.7. The van der Waals surface area contributed by atoms with E-state index in [0.717, 1.165) is 27.1 Å². The van der Waals surface area contributed by atoms with Crippen molar-refractivity contribution in [3.8, 4) is 5.75 Å². The number of ether oxygens (including phenoxy) is 1. The van der Waals surface area contributed by atoms with Gasteiger partial charge in [-0.1, -0.05) is 11.3 Å². The van der Waals surface area contributed by atoms with E-state index in [1.807, 2.05) is 0 Å². The maximum atomic E-state index is 12.8. The number of methoxy groups -OCH3 is 1. The Bertz CT molecular complexity index is 1130. The molecular weight excluding hydrogens is 360 g/mol.